The van der Waals surface area contributed by atoms with Crippen LogP contribution >= 0.6 is 23.2 Å². The number of benzene rings is 2. The van der Waals surface area contributed by atoms with E-state index in [4.69, 9.17) is 43.0 Å². The Morgan fingerprint density at radius 2 is 1.61 bits per heavy atom. The van der Waals surface area contributed by atoms with E-state index in [0.717, 1.165) is 5.56 Å². The van der Waals surface area contributed by atoms with Gasteiger partial charge in [0.2, 0.25) is 0 Å². The topological polar surface area (TPSA) is 79.5 Å². The van der Waals surface area contributed by atoms with Crippen molar-refractivity contribution in [1.29, 1.82) is 0 Å². The van der Waals surface area contributed by atoms with Gasteiger partial charge in [-0.1, -0.05) is 35.3 Å². The molecule has 1 aliphatic rings. The second kappa shape index (κ2) is 8.76. The highest BCUT2D eigenvalue weighted by Gasteiger charge is 2.52. The van der Waals surface area contributed by atoms with E-state index >= 15 is 0 Å². The highest BCUT2D eigenvalue weighted by Crippen LogP contribution is 2.38. The molecule has 0 aliphatic carbocycles. The molecule has 1 saturated heterocycles. The second-order valence-corrected chi connectivity index (χ2v) is 9.68. The molecule has 1 aliphatic heterocycles. The molecule has 0 bridgehead atoms. The Kier molecular flexibility index (Phi) is 6.31. The van der Waals surface area contributed by atoms with Crippen molar-refractivity contribution < 1.29 is 18.4 Å². The number of anilines is 1. The van der Waals surface area contributed by atoms with Crippen molar-refractivity contribution in [3.05, 3.63) is 69.7 Å². The number of nitrogen functional groups attached to an aromatic ring is 1. The van der Waals surface area contributed by atoms with Crippen LogP contribution in [0.4, 0.5) is 10.1 Å². The quantitative estimate of drug-likeness (QED) is 0.392. The van der Waals surface area contributed by atoms with Gasteiger partial charge in [0.05, 0.1) is 26.9 Å². The van der Waals surface area contributed by atoms with Crippen molar-refractivity contribution in [3.8, 4) is 11.8 Å². The van der Waals surface area contributed by atoms with Gasteiger partial charge in [-0.25, -0.2) is 9.37 Å². The van der Waals surface area contributed by atoms with Gasteiger partial charge in [-0.2, -0.15) is 4.98 Å². The molecule has 172 valence electrons. The van der Waals surface area contributed by atoms with E-state index < -0.39 is 18.3 Å². The summed E-state index contributed by atoms with van der Waals surface area (Å²) in [6.07, 6.45) is 1.98. The van der Waals surface area contributed by atoms with Gasteiger partial charge < -0.3 is 19.8 Å². The fourth-order valence-corrected chi connectivity index (χ4v) is 3.91. The molecule has 2 heterocycles. The van der Waals surface area contributed by atoms with Crippen molar-refractivity contribution in [1.82, 2.24) is 9.97 Å². The van der Waals surface area contributed by atoms with Gasteiger partial charge >= 0.3 is 13.1 Å². The van der Waals surface area contributed by atoms with Gasteiger partial charge in [0.15, 0.2) is 5.75 Å². The number of nitrogens with two attached hydrogens (primary N) is 1. The molecule has 1 fully saturated rings. The molecule has 0 saturated carbocycles. The van der Waals surface area contributed by atoms with Gasteiger partial charge in [-0.3, -0.25) is 0 Å². The summed E-state index contributed by atoms with van der Waals surface area (Å²) in [5, 5.41) is 0.470. The average molecular weight is 490 g/mol. The second-order valence-electron chi connectivity index (χ2n) is 8.86. The SMILES string of the molecule is CC1(C)OB(c2cnc(Oc3c(Cl)cc(N)cc3Cl)nc2Cc2ccc(F)cc2)OC1(C)C. The van der Waals surface area contributed by atoms with Crippen LogP contribution in [0.1, 0.15) is 39.0 Å². The Bertz CT molecular complexity index is 1150. The molecule has 0 unspecified atom stereocenters. The van der Waals surface area contributed by atoms with Crippen LogP contribution in [0.2, 0.25) is 10.0 Å². The standard InChI is InChI=1S/C23H23BCl2FN3O3/c1-22(2)23(3,4)33-24(32-22)16-12-29-21(31-20-17(25)10-15(28)11-18(20)26)30-19(16)9-13-5-7-14(27)8-6-13/h5-8,10-12H,9,28H2,1-4H3. The van der Waals surface area contributed by atoms with Gasteiger partial charge in [0.25, 0.3) is 0 Å². The lowest BCUT2D eigenvalue weighted by Crippen LogP contribution is -2.41. The zero-order valence-corrected chi connectivity index (χ0v) is 20.2. The van der Waals surface area contributed by atoms with Crippen molar-refractivity contribution in [3.63, 3.8) is 0 Å². The molecular weight excluding hydrogens is 467 g/mol. The zero-order chi connectivity index (χ0) is 24.0. The number of nitrogens with zero attached hydrogens (tertiary/aromatic N) is 2. The van der Waals surface area contributed by atoms with Crippen molar-refractivity contribution in [2.24, 2.45) is 0 Å². The zero-order valence-electron chi connectivity index (χ0n) is 18.7. The minimum atomic E-state index is -0.678. The van der Waals surface area contributed by atoms with Crippen LogP contribution in [0.3, 0.4) is 0 Å². The van der Waals surface area contributed by atoms with Crippen molar-refractivity contribution in [2.75, 3.05) is 5.73 Å². The highest BCUT2D eigenvalue weighted by atomic mass is 35.5. The maximum Gasteiger partial charge on any atom is 0.498 e. The molecular formula is C23H23BCl2FN3O3. The Balaban J connectivity index is 1.72. The highest BCUT2D eigenvalue weighted by molar-refractivity contribution is 6.62. The predicted molar refractivity (Wildman–Crippen MR) is 128 cm³/mol. The van der Waals surface area contributed by atoms with E-state index in [9.17, 15) is 4.39 Å². The lowest BCUT2D eigenvalue weighted by Gasteiger charge is -2.32. The Morgan fingerprint density at radius 1 is 1.03 bits per heavy atom. The van der Waals surface area contributed by atoms with Crippen LogP contribution in [-0.2, 0) is 15.7 Å². The molecule has 10 heteroatoms. The summed E-state index contributed by atoms with van der Waals surface area (Å²) < 4.78 is 31.6. The largest absolute Gasteiger partial charge is 0.498 e. The van der Waals surface area contributed by atoms with E-state index in [-0.39, 0.29) is 27.6 Å². The fourth-order valence-electron chi connectivity index (χ4n) is 3.33. The maximum absolute atomic E-state index is 13.4. The first-order valence-corrected chi connectivity index (χ1v) is 11.1. The third-order valence-corrected chi connectivity index (χ3v) is 6.45. The van der Waals surface area contributed by atoms with Crippen LogP contribution in [0.5, 0.6) is 11.8 Å². The van der Waals surface area contributed by atoms with Gasteiger partial charge in [-0.05, 0) is 57.5 Å². The molecule has 2 aromatic carbocycles. The molecule has 0 atom stereocenters. The molecule has 4 rings (SSSR count). The van der Waals surface area contributed by atoms with Gasteiger partial charge in [-0.15, -0.1) is 0 Å². The normalized spacial score (nSPS) is 16.8. The molecule has 33 heavy (non-hydrogen) atoms. The lowest BCUT2D eigenvalue weighted by atomic mass is 9.77. The Labute approximate surface area is 202 Å². The summed E-state index contributed by atoms with van der Waals surface area (Å²) in [6, 6.07) is 9.29. The van der Waals surface area contributed by atoms with E-state index in [1.165, 1.54) is 24.3 Å². The van der Waals surface area contributed by atoms with Crippen LogP contribution in [0.15, 0.2) is 42.6 Å². The minimum absolute atomic E-state index is 0.0425. The van der Waals surface area contributed by atoms with E-state index in [2.05, 4.69) is 9.97 Å². The first kappa shape index (κ1) is 23.8. The average Bonchev–Trinajstić information content (AvgIpc) is 2.93. The summed E-state index contributed by atoms with van der Waals surface area (Å²) in [7, 11) is -0.678. The molecule has 0 spiro atoms. The van der Waals surface area contributed by atoms with Crippen LogP contribution in [0, 0.1) is 5.82 Å². The van der Waals surface area contributed by atoms with E-state index in [1.54, 1.807) is 18.3 Å². The third kappa shape index (κ3) is 4.94. The maximum atomic E-state index is 13.4. The third-order valence-electron chi connectivity index (χ3n) is 5.88. The summed E-state index contributed by atoms with van der Waals surface area (Å²) >= 11 is 12.5. The Hall–Kier alpha value is -2.39. The number of halogens is 3. The van der Waals surface area contributed by atoms with E-state index in [1.807, 2.05) is 27.7 Å². The summed E-state index contributed by atoms with van der Waals surface area (Å²) in [5.41, 5.74) is 7.21. The summed E-state index contributed by atoms with van der Waals surface area (Å²) in [4.78, 5) is 8.93. The van der Waals surface area contributed by atoms with Crippen molar-refractivity contribution >= 4 is 41.5 Å². The molecule has 0 radical (unpaired) electrons. The first-order chi connectivity index (χ1) is 15.4. The van der Waals surface area contributed by atoms with Crippen molar-refractivity contribution in [2.45, 2.75) is 45.3 Å². The molecule has 2 N–H and O–H groups in total. The molecule has 6 nitrogen and oxygen atoms in total. The molecule has 1 aromatic heterocycles. The van der Waals surface area contributed by atoms with Crippen LogP contribution in [0.25, 0.3) is 0 Å². The number of hydrogen-bond donors (Lipinski definition) is 1. The van der Waals surface area contributed by atoms with Crippen LogP contribution in [-0.4, -0.2) is 28.3 Å². The predicted octanol–water partition coefficient (Wildman–Crippen LogP) is 5.19. The number of rotatable bonds is 5. The van der Waals surface area contributed by atoms with Crippen LogP contribution < -0.4 is 15.9 Å². The molecule has 3 aromatic rings. The van der Waals surface area contributed by atoms with E-state index in [0.29, 0.717) is 23.3 Å². The lowest BCUT2D eigenvalue weighted by molar-refractivity contribution is 0.00578. The molecule has 0 amide bonds. The first-order valence-electron chi connectivity index (χ1n) is 10.3. The number of aromatic nitrogens is 2. The van der Waals surface area contributed by atoms with Gasteiger partial charge in [0.1, 0.15) is 5.82 Å². The number of ether oxygens (including phenoxy) is 1. The smallest absolute Gasteiger partial charge is 0.421 e. The monoisotopic (exact) mass is 489 g/mol. The van der Waals surface area contributed by atoms with Gasteiger partial charge in [0, 0.05) is 23.8 Å². The summed E-state index contributed by atoms with van der Waals surface area (Å²) in [6.45, 7) is 7.87. The minimum Gasteiger partial charge on any atom is -0.421 e. The summed E-state index contributed by atoms with van der Waals surface area (Å²) in [5.74, 6) is -0.118. The fraction of sp³-hybridized carbons (Fsp3) is 0.304. The number of hydrogen-bond acceptors (Lipinski definition) is 6. The Morgan fingerprint density at radius 3 is 2.18 bits per heavy atom.